The lowest BCUT2D eigenvalue weighted by molar-refractivity contribution is 0.412. The molecule has 1 rings (SSSR count). The lowest BCUT2D eigenvalue weighted by Gasteiger charge is -2.12. The minimum Gasteiger partial charge on any atom is -0.397 e. The van der Waals surface area contributed by atoms with Gasteiger partial charge in [0, 0.05) is 13.1 Å². The summed E-state index contributed by atoms with van der Waals surface area (Å²) in [7, 11) is 0.214. The zero-order valence-electron chi connectivity index (χ0n) is 10.7. The van der Waals surface area contributed by atoms with E-state index in [1.54, 1.807) is 6.92 Å². The van der Waals surface area contributed by atoms with Crippen LogP contribution < -0.4 is 10.5 Å². The Labute approximate surface area is 113 Å². The van der Waals surface area contributed by atoms with Crippen molar-refractivity contribution in [2.45, 2.75) is 11.8 Å². The molecule has 1 aromatic rings. The predicted octanol–water partition coefficient (Wildman–Crippen LogP) is 1.07. The van der Waals surface area contributed by atoms with Crippen LogP contribution in [0.15, 0.2) is 17.0 Å². The summed E-state index contributed by atoms with van der Waals surface area (Å²) < 4.78 is 26.5. The summed E-state index contributed by atoms with van der Waals surface area (Å²) in [4.78, 5) is 2.03. The van der Waals surface area contributed by atoms with Gasteiger partial charge in [-0.2, -0.15) is 0 Å². The van der Waals surface area contributed by atoms with Crippen molar-refractivity contribution in [3.05, 3.63) is 22.7 Å². The van der Waals surface area contributed by atoms with Crippen molar-refractivity contribution in [3.8, 4) is 0 Å². The van der Waals surface area contributed by atoms with Crippen molar-refractivity contribution in [1.82, 2.24) is 9.62 Å². The number of likely N-dealkylation sites (N-methyl/N-ethyl adjacent to an activating group) is 1. The summed E-state index contributed by atoms with van der Waals surface area (Å²) in [5.41, 5.74) is 6.57. The van der Waals surface area contributed by atoms with Crippen molar-refractivity contribution in [2.75, 3.05) is 32.9 Å². The van der Waals surface area contributed by atoms with Gasteiger partial charge in [0.2, 0.25) is 10.0 Å². The van der Waals surface area contributed by atoms with Gasteiger partial charge in [-0.3, -0.25) is 0 Å². The molecule has 0 heterocycles. The summed E-state index contributed by atoms with van der Waals surface area (Å²) in [5, 5.41) is 0.391. The maximum Gasteiger partial charge on any atom is 0.240 e. The molecule has 0 aliphatic carbocycles. The van der Waals surface area contributed by atoms with Crippen molar-refractivity contribution in [3.63, 3.8) is 0 Å². The third-order valence-electron chi connectivity index (χ3n) is 2.42. The van der Waals surface area contributed by atoms with Crippen LogP contribution in [0.2, 0.25) is 5.02 Å². The molecule has 0 aliphatic heterocycles. The number of nitrogens with two attached hydrogens (primary N) is 1. The number of nitrogen functional groups attached to an aromatic ring is 1. The summed E-state index contributed by atoms with van der Waals surface area (Å²) in [6.45, 7) is 2.69. The number of sulfonamides is 1. The second-order valence-electron chi connectivity index (χ2n) is 4.34. The average molecular weight is 292 g/mol. The number of nitrogens with zero attached hydrogens (tertiary/aromatic N) is 1. The Morgan fingerprint density at radius 3 is 2.50 bits per heavy atom. The normalized spacial score (nSPS) is 12.1. The van der Waals surface area contributed by atoms with Crippen molar-refractivity contribution in [2.24, 2.45) is 0 Å². The topological polar surface area (TPSA) is 75.4 Å². The van der Waals surface area contributed by atoms with E-state index in [0.717, 1.165) is 0 Å². The molecule has 0 aromatic heterocycles. The Kier molecular flexibility index (Phi) is 4.98. The van der Waals surface area contributed by atoms with Crippen LogP contribution in [0.5, 0.6) is 0 Å². The van der Waals surface area contributed by atoms with Crippen LogP contribution in [0.4, 0.5) is 5.69 Å². The molecule has 0 fully saturated rings. The first-order chi connectivity index (χ1) is 8.24. The number of hydrogen-bond acceptors (Lipinski definition) is 4. The molecule has 0 bridgehead atoms. The Morgan fingerprint density at radius 1 is 1.39 bits per heavy atom. The van der Waals surface area contributed by atoms with E-state index in [9.17, 15) is 8.42 Å². The summed E-state index contributed by atoms with van der Waals surface area (Å²) in [6.07, 6.45) is 0. The number of benzene rings is 1. The molecule has 5 nitrogen and oxygen atoms in total. The number of aryl methyl sites for hydroxylation is 1. The molecule has 102 valence electrons. The van der Waals surface area contributed by atoms with E-state index in [2.05, 4.69) is 4.72 Å². The molecule has 0 radical (unpaired) electrons. The second-order valence-corrected chi connectivity index (χ2v) is 6.49. The number of hydrogen-bond donors (Lipinski definition) is 2. The SMILES string of the molecule is Cc1cc(S(=O)(=O)NCCN(C)C)cc(N)c1Cl. The lowest BCUT2D eigenvalue weighted by atomic mass is 10.2. The lowest BCUT2D eigenvalue weighted by Crippen LogP contribution is -2.31. The smallest absolute Gasteiger partial charge is 0.240 e. The van der Waals surface area contributed by atoms with Crippen molar-refractivity contribution < 1.29 is 8.42 Å². The number of anilines is 1. The fourth-order valence-corrected chi connectivity index (χ4v) is 2.65. The molecule has 0 unspecified atom stereocenters. The van der Waals surface area contributed by atoms with E-state index in [0.29, 0.717) is 23.7 Å². The fourth-order valence-electron chi connectivity index (χ4n) is 1.40. The van der Waals surface area contributed by atoms with Gasteiger partial charge in [-0.1, -0.05) is 11.6 Å². The van der Waals surface area contributed by atoms with Gasteiger partial charge in [0.25, 0.3) is 0 Å². The molecule has 0 atom stereocenters. The fraction of sp³-hybridized carbons (Fsp3) is 0.455. The standard InChI is InChI=1S/C11H18ClN3O2S/c1-8-6-9(7-10(13)11(8)12)18(16,17)14-4-5-15(2)3/h6-7,14H,4-5,13H2,1-3H3. The van der Waals surface area contributed by atoms with E-state index in [1.807, 2.05) is 19.0 Å². The van der Waals surface area contributed by atoms with Gasteiger partial charge in [-0.15, -0.1) is 0 Å². The molecule has 0 aliphatic rings. The molecule has 0 spiro atoms. The molecular formula is C11H18ClN3O2S. The maximum atomic E-state index is 12.0. The Balaban J connectivity index is 2.92. The van der Waals surface area contributed by atoms with E-state index < -0.39 is 10.0 Å². The van der Waals surface area contributed by atoms with E-state index in [4.69, 9.17) is 17.3 Å². The van der Waals surface area contributed by atoms with Crippen LogP contribution in [0.25, 0.3) is 0 Å². The third kappa shape index (κ3) is 3.84. The molecule has 0 saturated carbocycles. The second kappa shape index (κ2) is 5.88. The summed E-state index contributed by atoms with van der Waals surface area (Å²) >= 11 is 5.90. The third-order valence-corrected chi connectivity index (χ3v) is 4.37. The number of rotatable bonds is 5. The van der Waals surface area contributed by atoms with Crippen molar-refractivity contribution in [1.29, 1.82) is 0 Å². The number of nitrogens with one attached hydrogen (secondary N) is 1. The van der Waals surface area contributed by atoms with Crippen molar-refractivity contribution >= 4 is 27.3 Å². The molecule has 0 saturated heterocycles. The zero-order chi connectivity index (χ0) is 13.9. The van der Waals surface area contributed by atoms with E-state index in [-0.39, 0.29) is 10.6 Å². The maximum absolute atomic E-state index is 12.0. The Hall–Kier alpha value is -0.820. The van der Waals surface area contributed by atoms with Gasteiger partial charge in [0.1, 0.15) is 0 Å². The number of halogens is 1. The largest absolute Gasteiger partial charge is 0.397 e. The van der Waals surface area contributed by atoms with Crippen LogP contribution in [0, 0.1) is 6.92 Å². The van der Waals surface area contributed by atoms with Gasteiger partial charge in [0.05, 0.1) is 15.6 Å². The van der Waals surface area contributed by atoms with Crippen LogP contribution in [-0.2, 0) is 10.0 Å². The molecule has 0 amide bonds. The Bertz CT molecular complexity index is 506. The van der Waals surface area contributed by atoms with Gasteiger partial charge in [-0.25, -0.2) is 13.1 Å². The quantitative estimate of drug-likeness (QED) is 0.796. The Morgan fingerprint density at radius 2 is 2.00 bits per heavy atom. The first-order valence-corrected chi connectivity index (χ1v) is 7.30. The zero-order valence-corrected chi connectivity index (χ0v) is 12.3. The molecule has 7 heteroatoms. The van der Waals surface area contributed by atoms with Crippen LogP contribution in [0.1, 0.15) is 5.56 Å². The molecule has 3 N–H and O–H groups in total. The molecule has 1 aromatic carbocycles. The monoisotopic (exact) mass is 291 g/mol. The highest BCUT2D eigenvalue weighted by Gasteiger charge is 2.16. The summed E-state index contributed by atoms with van der Waals surface area (Å²) in [5.74, 6) is 0. The van der Waals surface area contributed by atoms with Gasteiger partial charge >= 0.3 is 0 Å². The van der Waals surface area contributed by atoms with Gasteiger partial charge in [0.15, 0.2) is 0 Å². The predicted molar refractivity (Wildman–Crippen MR) is 74.3 cm³/mol. The minimum atomic E-state index is -3.53. The van der Waals surface area contributed by atoms with Crippen LogP contribution in [-0.4, -0.2) is 40.5 Å². The van der Waals surface area contributed by atoms with Crippen LogP contribution >= 0.6 is 11.6 Å². The van der Waals surface area contributed by atoms with Gasteiger partial charge in [-0.05, 0) is 38.7 Å². The van der Waals surface area contributed by atoms with Gasteiger partial charge < -0.3 is 10.6 Å². The minimum absolute atomic E-state index is 0.139. The van der Waals surface area contributed by atoms with Crippen LogP contribution in [0.3, 0.4) is 0 Å². The first-order valence-electron chi connectivity index (χ1n) is 5.44. The summed E-state index contributed by atoms with van der Waals surface area (Å²) in [6, 6.07) is 2.88. The van der Waals surface area contributed by atoms with E-state index >= 15 is 0 Å². The molecular weight excluding hydrogens is 274 g/mol. The average Bonchev–Trinajstić information content (AvgIpc) is 2.24. The highest BCUT2D eigenvalue weighted by atomic mass is 35.5. The molecule has 18 heavy (non-hydrogen) atoms. The van der Waals surface area contributed by atoms with E-state index in [1.165, 1.54) is 12.1 Å². The first kappa shape index (κ1) is 15.2. The highest BCUT2D eigenvalue weighted by Crippen LogP contribution is 2.26. The highest BCUT2D eigenvalue weighted by molar-refractivity contribution is 7.89.